The summed E-state index contributed by atoms with van der Waals surface area (Å²) >= 11 is 1.51. The highest BCUT2D eigenvalue weighted by molar-refractivity contribution is 8.13. The van der Waals surface area contributed by atoms with Crippen molar-refractivity contribution in [2.75, 3.05) is 5.75 Å². The van der Waals surface area contributed by atoms with Crippen LogP contribution >= 0.6 is 11.8 Å². The van der Waals surface area contributed by atoms with Crippen LogP contribution in [0.15, 0.2) is 41.5 Å². The number of benzene rings is 1. The largest absolute Gasteiger partial charge is 0.379 e. The molecule has 7 heteroatoms. The lowest BCUT2D eigenvalue weighted by molar-refractivity contribution is 0.0988. The molecule has 1 aromatic carbocycles. The molecule has 0 saturated heterocycles. The fourth-order valence-corrected chi connectivity index (χ4v) is 4.47. The number of carbonyl (C=O) groups is 1. The normalized spacial score (nSPS) is 23.6. The Balaban J connectivity index is 1.60. The number of ketones is 1. The molecule has 2 aliphatic rings. The van der Waals surface area contributed by atoms with Crippen molar-refractivity contribution in [1.29, 1.82) is 5.26 Å². The molecule has 0 spiro atoms. The predicted octanol–water partition coefficient (Wildman–Crippen LogP) is 3.18. The number of hydrogen-bond acceptors (Lipinski definition) is 6. The molecule has 4 rings (SSSR count). The van der Waals surface area contributed by atoms with Crippen molar-refractivity contribution in [3.63, 3.8) is 0 Å². The fourth-order valence-electron chi connectivity index (χ4n) is 3.63. The molecule has 0 unspecified atom stereocenters. The maximum Gasteiger partial charge on any atom is 0.185 e. The van der Waals surface area contributed by atoms with Gasteiger partial charge in [-0.2, -0.15) is 5.26 Å². The second-order valence-electron chi connectivity index (χ2n) is 6.87. The van der Waals surface area contributed by atoms with E-state index in [2.05, 4.69) is 9.98 Å². The summed E-state index contributed by atoms with van der Waals surface area (Å²) in [6.07, 6.45) is 3.23. The summed E-state index contributed by atoms with van der Waals surface area (Å²) in [5.74, 6) is 0.702. The van der Waals surface area contributed by atoms with Gasteiger partial charge in [0.2, 0.25) is 0 Å². The monoisotopic (exact) mass is 380 g/mol. The number of nitrogens with zero attached hydrogens (tertiary/aromatic N) is 3. The summed E-state index contributed by atoms with van der Waals surface area (Å²) in [6, 6.07) is 9.83. The minimum absolute atomic E-state index is 0.112. The Morgan fingerprint density at radius 1 is 1.41 bits per heavy atom. The van der Waals surface area contributed by atoms with Gasteiger partial charge in [-0.15, -0.1) is 0 Å². The lowest BCUT2D eigenvalue weighted by Crippen LogP contribution is -2.15. The molecule has 27 heavy (non-hydrogen) atoms. The van der Waals surface area contributed by atoms with E-state index in [4.69, 9.17) is 11.0 Å². The van der Waals surface area contributed by atoms with Crippen LogP contribution < -0.4 is 5.73 Å². The highest BCUT2D eigenvalue weighted by Gasteiger charge is 2.57. The molecule has 0 bridgehead atoms. The number of fused-ring (bicyclic) bond motifs is 1. The number of halogens is 1. The number of aromatic nitrogens is 1. The number of nitrogens with two attached hydrogens (primary N) is 1. The molecule has 2 heterocycles. The average Bonchev–Trinajstić information content (AvgIpc) is 3.38. The van der Waals surface area contributed by atoms with Crippen LogP contribution in [0.4, 0.5) is 4.39 Å². The van der Waals surface area contributed by atoms with Crippen molar-refractivity contribution < 1.29 is 9.18 Å². The van der Waals surface area contributed by atoms with Crippen LogP contribution in [0.1, 0.15) is 40.0 Å². The van der Waals surface area contributed by atoms with Crippen LogP contribution in [0.2, 0.25) is 0 Å². The zero-order valence-corrected chi connectivity index (χ0v) is 15.3. The van der Waals surface area contributed by atoms with Crippen LogP contribution in [-0.2, 0) is 12.0 Å². The molecule has 2 aromatic rings. The number of aliphatic imine (C=N–C) groups is 1. The minimum atomic E-state index is -0.580. The topological polar surface area (TPSA) is 92.1 Å². The number of carbonyl (C=O) groups excluding carboxylic acids is 1. The SMILES string of the molecule is N#Cc1ccc(C(=O)Cc2ccc(F)c([C@]34C[C@H]3CCSC(N)=N4)c2)nc1. The van der Waals surface area contributed by atoms with E-state index < -0.39 is 5.54 Å². The van der Waals surface area contributed by atoms with E-state index in [9.17, 15) is 9.18 Å². The lowest BCUT2D eigenvalue weighted by Gasteiger charge is -2.15. The third-order valence-corrected chi connectivity index (χ3v) is 5.97. The highest BCUT2D eigenvalue weighted by Crippen LogP contribution is 2.59. The highest BCUT2D eigenvalue weighted by atomic mass is 32.2. The summed E-state index contributed by atoms with van der Waals surface area (Å²) in [5, 5.41) is 9.32. The molecule has 136 valence electrons. The number of thioether (sulfide) groups is 1. The average molecular weight is 380 g/mol. The standard InChI is InChI=1S/C20H17FN4OS/c21-16-3-1-12(8-18(26)17-4-2-13(10-22)11-24-17)7-15(16)20-9-14(20)5-6-27-19(23)25-20/h1-4,7,11,14H,5-6,8-9H2,(H2,23,25)/t14-,20+/m1/s1. The first kappa shape index (κ1) is 17.7. The molecule has 0 amide bonds. The molecule has 5 nitrogen and oxygen atoms in total. The van der Waals surface area contributed by atoms with Crippen molar-refractivity contribution in [3.8, 4) is 6.07 Å². The fraction of sp³-hybridized carbons (Fsp3) is 0.300. The number of rotatable bonds is 4. The molecule has 2 atom stereocenters. The number of pyridine rings is 1. The number of nitriles is 1. The van der Waals surface area contributed by atoms with E-state index in [1.165, 1.54) is 30.1 Å². The molecule has 1 aromatic heterocycles. The third-order valence-electron chi connectivity index (χ3n) is 5.14. The van der Waals surface area contributed by atoms with Crippen molar-refractivity contribution >= 4 is 22.7 Å². The Hall–Kier alpha value is -2.72. The summed E-state index contributed by atoms with van der Waals surface area (Å²) in [6.45, 7) is 0. The molecule has 1 aliphatic heterocycles. The van der Waals surface area contributed by atoms with Gasteiger partial charge in [0.05, 0.1) is 11.1 Å². The van der Waals surface area contributed by atoms with Gasteiger partial charge in [-0.3, -0.25) is 14.8 Å². The number of amidine groups is 1. The van der Waals surface area contributed by atoms with Crippen LogP contribution in [0, 0.1) is 23.1 Å². The molecule has 0 radical (unpaired) electrons. The Morgan fingerprint density at radius 2 is 2.26 bits per heavy atom. The number of hydrogen-bond donors (Lipinski definition) is 1. The first-order valence-corrected chi connectivity index (χ1v) is 9.67. The van der Waals surface area contributed by atoms with Gasteiger partial charge < -0.3 is 5.73 Å². The van der Waals surface area contributed by atoms with E-state index in [-0.39, 0.29) is 23.7 Å². The van der Waals surface area contributed by atoms with E-state index >= 15 is 0 Å². The molecular weight excluding hydrogens is 363 g/mol. The van der Waals surface area contributed by atoms with Gasteiger partial charge >= 0.3 is 0 Å². The van der Waals surface area contributed by atoms with Gasteiger partial charge in [0.1, 0.15) is 17.6 Å². The van der Waals surface area contributed by atoms with Gasteiger partial charge in [-0.05, 0) is 48.6 Å². The zero-order chi connectivity index (χ0) is 19.0. The van der Waals surface area contributed by atoms with Gasteiger partial charge in [0, 0.05) is 23.9 Å². The zero-order valence-electron chi connectivity index (χ0n) is 14.5. The van der Waals surface area contributed by atoms with Gasteiger partial charge in [-0.1, -0.05) is 17.8 Å². The van der Waals surface area contributed by atoms with Gasteiger partial charge in [0.25, 0.3) is 0 Å². The van der Waals surface area contributed by atoms with Crippen LogP contribution in [0.25, 0.3) is 0 Å². The first-order valence-electron chi connectivity index (χ1n) is 8.68. The Kier molecular flexibility index (Phi) is 4.44. The second-order valence-corrected chi connectivity index (χ2v) is 7.99. The molecular formula is C20H17FN4OS. The Bertz CT molecular complexity index is 982. The molecule has 1 saturated carbocycles. The minimum Gasteiger partial charge on any atom is -0.379 e. The predicted molar refractivity (Wildman–Crippen MR) is 102 cm³/mol. The van der Waals surface area contributed by atoms with Crippen molar-refractivity contribution in [2.45, 2.75) is 24.8 Å². The van der Waals surface area contributed by atoms with Crippen molar-refractivity contribution in [1.82, 2.24) is 4.98 Å². The third kappa shape index (κ3) is 3.33. The molecule has 2 N–H and O–H groups in total. The Morgan fingerprint density at radius 3 is 3.00 bits per heavy atom. The summed E-state index contributed by atoms with van der Waals surface area (Å²) in [7, 11) is 0. The lowest BCUT2D eigenvalue weighted by atomic mass is 9.96. The molecule has 1 aliphatic carbocycles. The van der Waals surface area contributed by atoms with Gasteiger partial charge in [0.15, 0.2) is 11.0 Å². The maximum atomic E-state index is 14.6. The first-order chi connectivity index (χ1) is 13.0. The van der Waals surface area contributed by atoms with Crippen LogP contribution in [0.5, 0.6) is 0 Å². The van der Waals surface area contributed by atoms with Crippen LogP contribution in [-0.4, -0.2) is 21.7 Å². The summed E-state index contributed by atoms with van der Waals surface area (Å²) in [4.78, 5) is 21.1. The van der Waals surface area contributed by atoms with E-state index in [1.807, 2.05) is 6.07 Å². The smallest absolute Gasteiger partial charge is 0.185 e. The quantitative estimate of drug-likeness (QED) is 0.823. The molecule has 1 fully saturated rings. The summed E-state index contributed by atoms with van der Waals surface area (Å²) in [5.41, 5.74) is 7.29. The van der Waals surface area contributed by atoms with Crippen molar-refractivity contribution in [3.05, 3.63) is 64.7 Å². The maximum absolute atomic E-state index is 14.6. The second kappa shape index (κ2) is 6.78. The van der Waals surface area contributed by atoms with Crippen LogP contribution in [0.3, 0.4) is 0 Å². The van der Waals surface area contributed by atoms with Crippen molar-refractivity contribution in [2.24, 2.45) is 16.6 Å². The van der Waals surface area contributed by atoms with Gasteiger partial charge in [-0.25, -0.2) is 4.39 Å². The van der Waals surface area contributed by atoms with E-state index in [1.54, 1.807) is 18.2 Å². The summed E-state index contributed by atoms with van der Waals surface area (Å²) < 4.78 is 14.6. The Labute approximate surface area is 160 Å². The number of Topliss-reactive ketones (excluding diaryl/α,β-unsaturated/α-hetero) is 1. The van der Waals surface area contributed by atoms with E-state index in [0.29, 0.717) is 27.8 Å². The van der Waals surface area contributed by atoms with E-state index in [0.717, 1.165) is 18.6 Å².